The van der Waals surface area contributed by atoms with Gasteiger partial charge in [-0.05, 0) is 18.8 Å². The van der Waals surface area contributed by atoms with Gasteiger partial charge in [-0.25, -0.2) is 8.78 Å². The molecule has 2 aliphatic rings. The molecule has 0 saturated carbocycles. The van der Waals surface area contributed by atoms with Gasteiger partial charge in [0, 0.05) is 19.3 Å². The lowest BCUT2D eigenvalue weighted by atomic mass is 9.81. The van der Waals surface area contributed by atoms with Crippen molar-refractivity contribution in [1.29, 1.82) is 0 Å². The quantitative estimate of drug-likeness (QED) is 0.158. The van der Waals surface area contributed by atoms with E-state index < -0.39 is 92.1 Å². The summed E-state index contributed by atoms with van der Waals surface area (Å²) in [4.78, 5) is 12.9. The summed E-state index contributed by atoms with van der Waals surface area (Å²) in [5.74, 6) is -4.42. The molecule has 228 valence electrons. The van der Waals surface area contributed by atoms with Crippen LogP contribution in [0.3, 0.4) is 0 Å². The third-order valence-electron chi connectivity index (χ3n) is 7.13. The van der Waals surface area contributed by atoms with E-state index in [2.05, 4.69) is 5.32 Å². The van der Waals surface area contributed by atoms with Gasteiger partial charge in [0.2, 0.25) is 5.91 Å². The lowest BCUT2D eigenvalue weighted by molar-refractivity contribution is -0.307. The Morgan fingerprint density at radius 3 is 2.38 bits per heavy atom. The minimum Gasteiger partial charge on any atom is -0.393 e. The smallest absolute Gasteiger partial charge is 0.255 e. The van der Waals surface area contributed by atoms with Crippen LogP contribution in [-0.4, -0.2) is 105 Å². The number of halogens is 2. The number of allylic oxidation sites excluding steroid dienone is 1. The molecule has 2 saturated heterocycles. The fourth-order valence-corrected chi connectivity index (χ4v) is 4.74. The van der Waals surface area contributed by atoms with Crippen LogP contribution in [0.15, 0.2) is 12.2 Å². The van der Waals surface area contributed by atoms with Crippen LogP contribution in [0.4, 0.5) is 8.78 Å². The largest absolute Gasteiger partial charge is 0.393 e. The third kappa shape index (κ3) is 9.65. The number of aliphatic hydroxyl groups is 5. The summed E-state index contributed by atoms with van der Waals surface area (Å²) in [6.45, 7) is 7.92. The number of hydrogen-bond acceptors (Lipinski definition) is 10. The first-order chi connectivity index (χ1) is 18.0. The Hall–Kier alpha value is -1.29. The number of ether oxygens (including phenoxy) is 3. The summed E-state index contributed by atoms with van der Waals surface area (Å²) in [5.41, 5.74) is 5.92. The summed E-state index contributed by atoms with van der Waals surface area (Å²) >= 11 is 0. The predicted octanol–water partition coefficient (Wildman–Crippen LogP) is 0.0107. The summed E-state index contributed by atoms with van der Waals surface area (Å²) in [5, 5.41) is 55.3. The van der Waals surface area contributed by atoms with Gasteiger partial charge in [-0.1, -0.05) is 39.8 Å². The summed E-state index contributed by atoms with van der Waals surface area (Å²) in [6.07, 6.45) is -9.41. The molecule has 8 unspecified atom stereocenters. The molecule has 0 radical (unpaired) electrons. The van der Waals surface area contributed by atoms with E-state index in [0.717, 1.165) is 0 Å². The van der Waals surface area contributed by atoms with Crippen molar-refractivity contribution in [2.75, 3.05) is 6.54 Å². The van der Waals surface area contributed by atoms with Gasteiger partial charge in [0.05, 0.1) is 55.1 Å². The van der Waals surface area contributed by atoms with E-state index in [1.54, 1.807) is 32.9 Å². The van der Waals surface area contributed by atoms with Crippen LogP contribution in [0.1, 0.15) is 53.9 Å². The Morgan fingerprint density at radius 2 is 1.82 bits per heavy atom. The molecule has 2 fully saturated rings. The second-order valence-electron chi connectivity index (χ2n) is 11.4. The molecule has 0 spiro atoms. The highest BCUT2D eigenvalue weighted by molar-refractivity contribution is 5.80. The van der Waals surface area contributed by atoms with Gasteiger partial charge in [-0.2, -0.15) is 0 Å². The maximum absolute atomic E-state index is 12.9. The molecule has 0 aliphatic carbocycles. The zero-order valence-corrected chi connectivity index (χ0v) is 23.2. The third-order valence-corrected chi connectivity index (χ3v) is 7.13. The summed E-state index contributed by atoms with van der Waals surface area (Å²) in [6, 6.07) is -1.06. The average Bonchev–Trinajstić information content (AvgIpc) is 2.82. The Morgan fingerprint density at radius 1 is 1.18 bits per heavy atom. The highest BCUT2D eigenvalue weighted by atomic mass is 19.3. The second kappa shape index (κ2) is 14.6. The molecule has 11 atom stereocenters. The van der Waals surface area contributed by atoms with Crippen molar-refractivity contribution >= 4 is 5.91 Å². The normalized spacial score (nSPS) is 37.5. The second-order valence-corrected chi connectivity index (χ2v) is 11.4. The van der Waals surface area contributed by atoms with Gasteiger partial charge in [0.25, 0.3) is 6.43 Å². The molecule has 1 amide bonds. The molecular weight excluding hydrogens is 522 g/mol. The van der Waals surface area contributed by atoms with Crippen molar-refractivity contribution in [1.82, 2.24) is 5.32 Å². The fraction of sp³-hybridized carbons (Fsp3) is 0.885. The molecule has 13 heteroatoms. The maximum Gasteiger partial charge on any atom is 0.255 e. The topological polar surface area (TPSA) is 184 Å². The van der Waals surface area contributed by atoms with E-state index in [1.165, 1.54) is 0 Å². The summed E-state index contributed by atoms with van der Waals surface area (Å²) in [7, 11) is 0. The first-order valence-corrected chi connectivity index (χ1v) is 13.5. The molecule has 0 aromatic rings. The van der Waals surface area contributed by atoms with E-state index in [9.17, 15) is 39.1 Å². The van der Waals surface area contributed by atoms with Crippen LogP contribution in [-0.2, 0) is 19.0 Å². The SMILES string of the molecule is CC(C)/C=C/C(C[C@@H]1OC(O)(CC(O)C(C)C)C[C@H](O)C1C(=O)NCC(F)F)O[C@H]1OC(C)C(O)C(N)C1O. The van der Waals surface area contributed by atoms with E-state index in [-0.39, 0.29) is 24.7 Å². The van der Waals surface area contributed by atoms with E-state index in [1.807, 2.05) is 13.8 Å². The Kier molecular flexibility index (Phi) is 12.7. The lowest BCUT2D eigenvalue weighted by Gasteiger charge is -2.46. The fourth-order valence-electron chi connectivity index (χ4n) is 4.74. The maximum atomic E-state index is 12.9. The van der Waals surface area contributed by atoms with Crippen molar-refractivity contribution in [3.63, 3.8) is 0 Å². The van der Waals surface area contributed by atoms with Crippen molar-refractivity contribution in [3.05, 3.63) is 12.2 Å². The van der Waals surface area contributed by atoms with Crippen LogP contribution >= 0.6 is 0 Å². The number of carbonyl (C=O) groups is 1. The molecule has 8 N–H and O–H groups in total. The van der Waals surface area contributed by atoms with E-state index >= 15 is 0 Å². The minimum atomic E-state index is -2.82. The minimum absolute atomic E-state index is 0.0671. The molecule has 2 heterocycles. The van der Waals surface area contributed by atoms with Crippen LogP contribution in [0.25, 0.3) is 0 Å². The van der Waals surface area contributed by atoms with Crippen molar-refractivity contribution in [3.8, 4) is 0 Å². The average molecular weight is 569 g/mol. The molecule has 2 rings (SSSR count). The molecule has 39 heavy (non-hydrogen) atoms. The molecule has 0 bridgehead atoms. The highest BCUT2D eigenvalue weighted by Gasteiger charge is 2.50. The standard InChI is InChI=1S/C26H46F2N2O9/c1-12(2)6-7-15(38-25-23(34)21(29)22(33)14(5)37-25)8-18-20(24(35)30-11-19(27)28)17(32)10-26(36,39-18)9-16(31)13(3)4/h6-7,12-23,25,31-34,36H,8-11,29H2,1-5H3,(H,30,35)/b7-6+/t14?,15?,16?,17-,18-,20?,21?,22?,23?,25+,26?/m0/s1. The number of carbonyl (C=O) groups excluding carboxylic acids is 1. The highest BCUT2D eigenvalue weighted by Crippen LogP contribution is 2.38. The number of nitrogens with two attached hydrogens (primary N) is 1. The van der Waals surface area contributed by atoms with Gasteiger partial charge in [0.1, 0.15) is 6.10 Å². The number of alkyl halides is 2. The van der Waals surface area contributed by atoms with E-state index in [0.29, 0.717) is 0 Å². The first kappa shape index (κ1) is 33.9. The van der Waals surface area contributed by atoms with Crippen molar-refractivity contribution in [2.24, 2.45) is 23.5 Å². The van der Waals surface area contributed by atoms with Gasteiger partial charge in [-0.15, -0.1) is 0 Å². The first-order valence-electron chi connectivity index (χ1n) is 13.5. The molecular formula is C26H46F2N2O9. The van der Waals surface area contributed by atoms with Crippen LogP contribution in [0.2, 0.25) is 0 Å². The number of amides is 1. The van der Waals surface area contributed by atoms with Crippen LogP contribution in [0.5, 0.6) is 0 Å². The number of rotatable bonds is 12. The molecule has 0 aromatic carbocycles. The van der Waals surface area contributed by atoms with Gasteiger partial charge >= 0.3 is 0 Å². The van der Waals surface area contributed by atoms with Crippen molar-refractivity contribution in [2.45, 2.75) is 121 Å². The number of aliphatic hydroxyl groups excluding tert-OH is 4. The number of hydrogen-bond donors (Lipinski definition) is 7. The van der Waals surface area contributed by atoms with Gasteiger partial charge in [-0.3, -0.25) is 4.79 Å². The van der Waals surface area contributed by atoms with Crippen LogP contribution in [0, 0.1) is 17.8 Å². The Balaban J connectivity index is 2.36. The van der Waals surface area contributed by atoms with Gasteiger partial charge in [0.15, 0.2) is 12.1 Å². The van der Waals surface area contributed by atoms with Gasteiger partial charge < -0.3 is 50.8 Å². The Labute approximate surface area is 228 Å². The zero-order chi connectivity index (χ0) is 29.7. The molecule has 0 aromatic heterocycles. The monoisotopic (exact) mass is 568 g/mol. The Bertz CT molecular complexity index is 805. The zero-order valence-electron chi connectivity index (χ0n) is 23.2. The van der Waals surface area contributed by atoms with Crippen LogP contribution < -0.4 is 11.1 Å². The van der Waals surface area contributed by atoms with Crippen molar-refractivity contribution < 1.29 is 53.3 Å². The number of nitrogens with one attached hydrogen (secondary N) is 1. The lowest BCUT2D eigenvalue weighted by Crippen LogP contribution is -2.62. The summed E-state index contributed by atoms with van der Waals surface area (Å²) < 4.78 is 43.1. The molecule has 2 aliphatic heterocycles. The van der Waals surface area contributed by atoms with E-state index in [4.69, 9.17) is 19.9 Å². The predicted molar refractivity (Wildman–Crippen MR) is 136 cm³/mol. The molecule has 11 nitrogen and oxygen atoms in total.